The molecule has 1 aromatic carbocycles. The highest BCUT2D eigenvalue weighted by atomic mass is 32.2. The maximum atomic E-state index is 12.5. The van der Waals surface area contributed by atoms with Gasteiger partial charge in [-0.15, -0.1) is 0 Å². The van der Waals surface area contributed by atoms with E-state index in [4.69, 9.17) is 4.52 Å². The molecule has 0 saturated heterocycles. The van der Waals surface area contributed by atoms with Gasteiger partial charge >= 0.3 is 0 Å². The highest BCUT2D eigenvalue weighted by Gasteiger charge is 2.24. The Morgan fingerprint density at radius 3 is 2.54 bits per heavy atom. The predicted octanol–water partition coefficient (Wildman–Crippen LogP) is 3.76. The highest BCUT2D eigenvalue weighted by Crippen LogP contribution is 2.30. The molecule has 0 aliphatic heterocycles. The molecule has 0 aliphatic carbocycles. The van der Waals surface area contributed by atoms with Gasteiger partial charge in [0.1, 0.15) is 21.0 Å². The van der Waals surface area contributed by atoms with Gasteiger partial charge in [-0.3, -0.25) is 4.72 Å². The second kappa shape index (κ2) is 6.19. The van der Waals surface area contributed by atoms with Crippen LogP contribution in [0.3, 0.4) is 0 Å². The van der Waals surface area contributed by atoms with E-state index in [2.05, 4.69) is 19.8 Å². The van der Waals surface area contributed by atoms with Gasteiger partial charge in [0.2, 0.25) is 0 Å². The molecule has 0 saturated carbocycles. The van der Waals surface area contributed by atoms with Crippen molar-refractivity contribution >= 4 is 37.4 Å². The van der Waals surface area contributed by atoms with Crippen LogP contribution in [0.25, 0.3) is 20.9 Å². The molecular weight excluding hydrogens is 372 g/mol. The lowest BCUT2D eigenvalue weighted by atomic mass is 10.2. The first-order chi connectivity index (χ1) is 12.4. The van der Waals surface area contributed by atoms with Crippen LogP contribution in [-0.2, 0) is 10.0 Å². The number of nitrogens with one attached hydrogen (secondary N) is 1. The summed E-state index contributed by atoms with van der Waals surface area (Å²) in [5, 5.41) is 4.52. The minimum absolute atomic E-state index is 0.0684. The van der Waals surface area contributed by atoms with Gasteiger partial charge in [0.05, 0.1) is 0 Å². The van der Waals surface area contributed by atoms with Crippen molar-refractivity contribution in [3.8, 4) is 10.6 Å². The normalized spacial score (nSPS) is 11.8. The van der Waals surface area contributed by atoms with E-state index in [1.54, 1.807) is 32.2 Å². The molecule has 26 heavy (non-hydrogen) atoms. The largest absolute Gasteiger partial charge is 0.360 e. The number of aryl methyl sites for hydroxylation is 2. The summed E-state index contributed by atoms with van der Waals surface area (Å²) >= 11 is 1.49. The number of sulfonamides is 1. The number of aromatic nitrogens is 3. The van der Waals surface area contributed by atoms with E-state index in [1.807, 2.05) is 24.3 Å². The molecule has 0 spiro atoms. The van der Waals surface area contributed by atoms with Crippen LogP contribution < -0.4 is 4.72 Å². The molecule has 0 bridgehead atoms. The number of hydrogen-bond donors (Lipinski definition) is 1. The fourth-order valence-electron chi connectivity index (χ4n) is 2.64. The van der Waals surface area contributed by atoms with Crippen molar-refractivity contribution in [2.24, 2.45) is 0 Å². The van der Waals surface area contributed by atoms with Gasteiger partial charge in [-0.1, -0.05) is 16.5 Å². The fraction of sp³-hybridized carbons (Fsp3) is 0.118. The number of anilines is 1. The fourth-order valence-corrected chi connectivity index (χ4v) is 4.94. The lowest BCUT2D eigenvalue weighted by Crippen LogP contribution is -2.14. The summed E-state index contributed by atoms with van der Waals surface area (Å²) in [4.78, 5) is 9.77. The minimum Gasteiger partial charge on any atom is -0.360 e. The highest BCUT2D eigenvalue weighted by molar-refractivity contribution is 7.92. The van der Waals surface area contributed by atoms with Gasteiger partial charge < -0.3 is 4.52 Å². The minimum atomic E-state index is -3.76. The van der Waals surface area contributed by atoms with Crippen LogP contribution in [0.2, 0.25) is 0 Å². The zero-order valence-corrected chi connectivity index (χ0v) is 15.6. The number of hydrogen-bond acceptors (Lipinski definition) is 7. The Morgan fingerprint density at radius 2 is 1.88 bits per heavy atom. The summed E-state index contributed by atoms with van der Waals surface area (Å²) in [6.07, 6.45) is 1.73. The van der Waals surface area contributed by atoms with Gasteiger partial charge in [-0.25, -0.2) is 18.4 Å². The summed E-state index contributed by atoms with van der Waals surface area (Å²) in [5.74, 6) is 0.258. The summed E-state index contributed by atoms with van der Waals surface area (Å²) in [6.45, 7) is 3.16. The molecule has 0 fully saturated rings. The van der Waals surface area contributed by atoms with E-state index >= 15 is 0 Å². The third-order valence-corrected chi connectivity index (χ3v) is 6.44. The van der Waals surface area contributed by atoms with E-state index in [0.29, 0.717) is 11.4 Å². The first-order valence-corrected chi connectivity index (χ1v) is 10.0. The van der Waals surface area contributed by atoms with Crippen LogP contribution in [0.5, 0.6) is 0 Å². The van der Waals surface area contributed by atoms with Crippen molar-refractivity contribution in [3.05, 3.63) is 54.0 Å². The quantitative estimate of drug-likeness (QED) is 0.573. The molecule has 3 heterocycles. The Hall–Kier alpha value is -2.78. The standard InChI is InChI=1S/C17H14N4O3S2/c1-10-15(11(2)24-20-10)26(22,23)21-13-7-5-12(6-8-13)16-19-14-4-3-9-18-17(14)25-16/h3-9,21H,1-2H3. The molecule has 7 nitrogen and oxygen atoms in total. The van der Waals surface area contributed by atoms with Gasteiger partial charge in [-0.2, -0.15) is 0 Å². The van der Waals surface area contributed by atoms with Gasteiger partial charge in [-0.05, 0) is 50.2 Å². The van der Waals surface area contributed by atoms with Crippen LogP contribution in [0.15, 0.2) is 52.0 Å². The van der Waals surface area contributed by atoms with E-state index in [-0.39, 0.29) is 10.7 Å². The second-order valence-corrected chi connectivity index (χ2v) is 8.28. The summed E-state index contributed by atoms with van der Waals surface area (Å²) < 4.78 is 32.6. The zero-order chi connectivity index (χ0) is 18.3. The van der Waals surface area contributed by atoms with E-state index in [9.17, 15) is 8.42 Å². The molecule has 0 unspecified atom stereocenters. The number of fused-ring (bicyclic) bond motifs is 1. The first kappa shape index (κ1) is 16.7. The smallest absolute Gasteiger partial charge is 0.267 e. The molecule has 3 aromatic heterocycles. The maximum absolute atomic E-state index is 12.5. The molecular formula is C17H14N4O3S2. The molecule has 0 amide bonds. The van der Waals surface area contributed by atoms with Gasteiger partial charge in [0.25, 0.3) is 10.0 Å². The summed E-state index contributed by atoms with van der Waals surface area (Å²) in [7, 11) is -3.76. The Kier molecular flexibility index (Phi) is 3.97. The Morgan fingerprint density at radius 1 is 1.12 bits per heavy atom. The Bertz CT molecular complexity index is 1140. The number of rotatable bonds is 4. The molecule has 132 valence electrons. The van der Waals surface area contributed by atoms with Gasteiger partial charge in [0.15, 0.2) is 10.7 Å². The van der Waals surface area contributed by atoms with Crippen LogP contribution in [0.4, 0.5) is 5.69 Å². The Balaban J connectivity index is 1.62. The molecule has 1 N–H and O–H groups in total. The average molecular weight is 386 g/mol. The van der Waals surface area contributed by atoms with Gasteiger partial charge in [0, 0.05) is 17.4 Å². The van der Waals surface area contributed by atoms with E-state index in [1.165, 1.54) is 11.3 Å². The summed E-state index contributed by atoms with van der Waals surface area (Å²) in [6, 6.07) is 10.8. The third-order valence-electron chi connectivity index (χ3n) is 3.79. The van der Waals surface area contributed by atoms with E-state index in [0.717, 1.165) is 20.9 Å². The molecule has 0 atom stereocenters. The summed E-state index contributed by atoms with van der Waals surface area (Å²) in [5.41, 5.74) is 2.52. The topological polar surface area (TPSA) is 98.0 Å². The van der Waals surface area contributed by atoms with Crippen molar-refractivity contribution < 1.29 is 12.9 Å². The van der Waals surface area contributed by atoms with E-state index < -0.39 is 10.0 Å². The van der Waals surface area contributed by atoms with Crippen LogP contribution in [0, 0.1) is 13.8 Å². The van der Waals surface area contributed by atoms with Crippen molar-refractivity contribution in [2.45, 2.75) is 18.7 Å². The number of pyridine rings is 1. The molecule has 4 rings (SSSR count). The van der Waals surface area contributed by atoms with Crippen molar-refractivity contribution in [3.63, 3.8) is 0 Å². The van der Waals surface area contributed by atoms with Crippen LogP contribution in [0.1, 0.15) is 11.5 Å². The Labute approximate surface area is 153 Å². The maximum Gasteiger partial charge on any atom is 0.267 e. The average Bonchev–Trinajstić information content (AvgIpc) is 3.18. The third kappa shape index (κ3) is 2.95. The monoisotopic (exact) mass is 386 g/mol. The van der Waals surface area contributed by atoms with Crippen molar-refractivity contribution in [1.29, 1.82) is 0 Å². The van der Waals surface area contributed by atoms with Crippen LogP contribution in [-0.4, -0.2) is 23.5 Å². The van der Waals surface area contributed by atoms with Crippen molar-refractivity contribution in [1.82, 2.24) is 15.1 Å². The number of benzene rings is 1. The SMILES string of the molecule is Cc1noc(C)c1S(=O)(=O)Nc1ccc(-c2nc3cccnc3s2)cc1. The second-order valence-electron chi connectivity index (χ2n) is 5.68. The predicted molar refractivity (Wildman–Crippen MR) is 99.6 cm³/mol. The molecule has 0 radical (unpaired) electrons. The lowest BCUT2D eigenvalue weighted by Gasteiger charge is -2.08. The molecule has 0 aliphatic rings. The van der Waals surface area contributed by atoms with Crippen LogP contribution >= 0.6 is 11.3 Å². The molecule has 9 heteroatoms. The van der Waals surface area contributed by atoms with Crippen molar-refractivity contribution in [2.75, 3.05) is 4.72 Å². The number of thiazole rings is 1. The lowest BCUT2D eigenvalue weighted by molar-refractivity contribution is 0.390. The number of nitrogens with zero attached hydrogens (tertiary/aromatic N) is 3. The zero-order valence-electron chi connectivity index (χ0n) is 13.9. The molecule has 4 aromatic rings. The first-order valence-electron chi connectivity index (χ1n) is 7.72.